The second-order valence-electron chi connectivity index (χ2n) is 6.95. The summed E-state index contributed by atoms with van der Waals surface area (Å²) in [7, 11) is 0. The predicted molar refractivity (Wildman–Crippen MR) is 114 cm³/mol. The van der Waals surface area contributed by atoms with Crippen molar-refractivity contribution in [1.82, 2.24) is 0 Å². The maximum Gasteiger partial charge on any atom is 0.0667 e. The largest absolute Gasteiger partial charge is 0.257 e. The van der Waals surface area contributed by atoms with Crippen molar-refractivity contribution in [2.75, 3.05) is 0 Å². The summed E-state index contributed by atoms with van der Waals surface area (Å²) in [4.78, 5) is 6.03. The summed E-state index contributed by atoms with van der Waals surface area (Å²) in [6, 6.07) is 23.5. The van der Waals surface area contributed by atoms with Gasteiger partial charge in [0, 0.05) is 16.5 Å². The van der Waals surface area contributed by atoms with Crippen LogP contribution < -0.4 is 0 Å². The molecule has 0 aliphatic heterocycles. The third-order valence-corrected chi connectivity index (χ3v) is 5.45. The van der Waals surface area contributed by atoms with Gasteiger partial charge in [-0.25, -0.2) is 0 Å². The first kappa shape index (κ1) is 17.1. The first-order valence-corrected chi connectivity index (χ1v) is 9.65. The number of rotatable bonds is 4. The Morgan fingerprint density at radius 3 is 2.50 bits per heavy atom. The fourth-order valence-electron chi connectivity index (χ4n) is 3.52. The van der Waals surface area contributed by atoms with E-state index < -0.39 is 0 Å². The predicted octanol–water partition coefficient (Wildman–Crippen LogP) is 6.77. The Hall–Kier alpha value is -2.32. The van der Waals surface area contributed by atoms with Gasteiger partial charge in [-0.15, -0.1) is 12.6 Å². The van der Waals surface area contributed by atoms with Crippen molar-refractivity contribution >= 4 is 24.0 Å². The lowest BCUT2D eigenvalue weighted by atomic mass is 9.97. The van der Waals surface area contributed by atoms with Gasteiger partial charge in [0.25, 0.3) is 0 Å². The fraction of sp³-hybridized carbons (Fsp3) is 0.208. The molecular weight excluding hydrogens is 334 g/mol. The number of aryl methyl sites for hydroxylation is 1. The van der Waals surface area contributed by atoms with Crippen molar-refractivity contribution in [3.8, 4) is 11.1 Å². The Balaban J connectivity index is 1.72. The molecule has 0 aromatic heterocycles. The van der Waals surface area contributed by atoms with Crippen molar-refractivity contribution in [2.45, 2.75) is 37.5 Å². The molecule has 3 aromatic rings. The summed E-state index contributed by atoms with van der Waals surface area (Å²) < 4.78 is 0. The zero-order valence-electron chi connectivity index (χ0n) is 15.2. The number of nitrogens with zero attached hydrogens (tertiary/aromatic N) is 1. The summed E-state index contributed by atoms with van der Waals surface area (Å²) in [6.07, 6.45) is 2.08. The molecule has 0 saturated heterocycles. The van der Waals surface area contributed by atoms with Crippen LogP contribution in [0.4, 0.5) is 5.69 Å². The highest BCUT2D eigenvalue weighted by Crippen LogP contribution is 2.40. The van der Waals surface area contributed by atoms with Crippen molar-refractivity contribution in [3.63, 3.8) is 0 Å². The van der Waals surface area contributed by atoms with E-state index in [0.717, 1.165) is 23.4 Å². The van der Waals surface area contributed by atoms with Crippen molar-refractivity contribution < 1.29 is 0 Å². The number of hydrogen-bond donors (Lipinski definition) is 1. The average Bonchev–Trinajstić information content (AvgIpc) is 3.43. The van der Waals surface area contributed by atoms with Crippen molar-refractivity contribution in [3.05, 3.63) is 83.4 Å². The van der Waals surface area contributed by atoms with E-state index in [-0.39, 0.29) is 0 Å². The molecule has 26 heavy (non-hydrogen) atoms. The van der Waals surface area contributed by atoms with Crippen LogP contribution in [0.15, 0.2) is 76.6 Å². The molecule has 1 atom stereocenters. The number of thiol groups is 1. The van der Waals surface area contributed by atoms with Crippen LogP contribution in [0.3, 0.4) is 0 Å². The van der Waals surface area contributed by atoms with Crippen LogP contribution in [0.5, 0.6) is 0 Å². The molecule has 4 rings (SSSR count). The smallest absolute Gasteiger partial charge is 0.0667 e. The van der Waals surface area contributed by atoms with Gasteiger partial charge in [0.05, 0.1) is 5.69 Å². The summed E-state index contributed by atoms with van der Waals surface area (Å²) in [5.74, 6) is 0.491. The Kier molecular flexibility index (Phi) is 4.69. The van der Waals surface area contributed by atoms with Crippen LogP contribution in [0.1, 0.15) is 36.0 Å². The van der Waals surface area contributed by atoms with E-state index in [9.17, 15) is 0 Å². The molecule has 3 aromatic carbocycles. The lowest BCUT2D eigenvalue weighted by molar-refractivity contribution is 1.11. The molecule has 0 heterocycles. The molecule has 1 aliphatic rings. The molecule has 1 unspecified atom stereocenters. The quantitative estimate of drug-likeness (QED) is 0.495. The van der Waals surface area contributed by atoms with Crippen LogP contribution in [-0.4, -0.2) is 5.71 Å². The van der Waals surface area contributed by atoms with E-state index in [0.29, 0.717) is 5.92 Å². The normalized spacial score (nSPS) is 17.5. The highest BCUT2D eigenvalue weighted by atomic mass is 32.1. The minimum absolute atomic E-state index is 0.491. The Morgan fingerprint density at radius 1 is 0.962 bits per heavy atom. The van der Waals surface area contributed by atoms with Crippen LogP contribution in [-0.2, 0) is 6.42 Å². The zero-order chi connectivity index (χ0) is 18.1. The molecule has 1 saturated carbocycles. The fourth-order valence-corrected chi connectivity index (χ4v) is 3.74. The Morgan fingerprint density at radius 2 is 1.77 bits per heavy atom. The summed E-state index contributed by atoms with van der Waals surface area (Å²) >= 11 is 4.49. The van der Waals surface area contributed by atoms with Crippen LogP contribution in [0.25, 0.3) is 11.1 Å². The minimum atomic E-state index is 0.491. The van der Waals surface area contributed by atoms with E-state index in [1.807, 2.05) is 6.07 Å². The minimum Gasteiger partial charge on any atom is -0.257 e. The standard InChI is InChI=1S/C24H23NS/c1-3-17-12-20(19-10-7-11-21(26)13-19)14-23(16(17)2)25-24-15-22(24)18-8-5-4-6-9-18/h4-14,22,26H,3,15H2,1-2H3. The third-order valence-electron chi connectivity index (χ3n) is 5.17. The molecule has 130 valence electrons. The van der Waals surface area contributed by atoms with Crippen molar-refractivity contribution in [1.29, 1.82) is 0 Å². The maximum absolute atomic E-state index is 5.04. The van der Waals surface area contributed by atoms with Gasteiger partial charge in [-0.2, -0.15) is 0 Å². The monoisotopic (exact) mass is 357 g/mol. The second-order valence-corrected chi connectivity index (χ2v) is 7.47. The van der Waals surface area contributed by atoms with Crippen molar-refractivity contribution in [2.24, 2.45) is 4.99 Å². The van der Waals surface area contributed by atoms with Gasteiger partial charge in [-0.1, -0.05) is 55.5 Å². The van der Waals surface area contributed by atoms with Gasteiger partial charge < -0.3 is 0 Å². The first-order chi connectivity index (χ1) is 12.7. The lowest BCUT2D eigenvalue weighted by Crippen LogP contribution is -1.90. The van der Waals surface area contributed by atoms with E-state index in [1.54, 1.807) is 0 Å². The molecule has 0 N–H and O–H groups in total. The second kappa shape index (κ2) is 7.13. The highest BCUT2D eigenvalue weighted by molar-refractivity contribution is 7.80. The van der Waals surface area contributed by atoms with E-state index in [4.69, 9.17) is 4.99 Å². The lowest BCUT2D eigenvalue weighted by Gasteiger charge is -2.11. The third kappa shape index (κ3) is 3.47. The van der Waals surface area contributed by atoms with Gasteiger partial charge in [0.15, 0.2) is 0 Å². The molecular formula is C24H23NS. The van der Waals surface area contributed by atoms with E-state index in [2.05, 4.69) is 87.1 Å². The van der Waals surface area contributed by atoms with Gasteiger partial charge in [-0.3, -0.25) is 4.99 Å². The molecule has 0 radical (unpaired) electrons. The Bertz CT molecular complexity index is 973. The number of aliphatic imine (C=N–C) groups is 1. The zero-order valence-corrected chi connectivity index (χ0v) is 16.1. The van der Waals surface area contributed by atoms with Gasteiger partial charge in [0.1, 0.15) is 0 Å². The molecule has 0 spiro atoms. The Labute approximate surface area is 161 Å². The first-order valence-electron chi connectivity index (χ1n) is 9.21. The van der Waals surface area contributed by atoms with Crippen LogP contribution >= 0.6 is 12.6 Å². The van der Waals surface area contributed by atoms with Gasteiger partial charge in [-0.05, 0) is 65.8 Å². The summed E-state index contributed by atoms with van der Waals surface area (Å²) in [5.41, 5.74) is 8.86. The van der Waals surface area contributed by atoms with E-state index >= 15 is 0 Å². The summed E-state index contributed by atoms with van der Waals surface area (Å²) in [5, 5.41) is 0. The van der Waals surface area contributed by atoms with Crippen LogP contribution in [0, 0.1) is 6.92 Å². The highest BCUT2D eigenvalue weighted by Gasteiger charge is 2.33. The number of benzene rings is 3. The molecule has 1 aliphatic carbocycles. The van der Waals surface area contributed by atoms with Gasteiger partial charge in [0.2, 0.25) is 0 Å². The number of hydrogen-bond acceptors (Lipinski definition) is 2. The summed E-state index contributed by atoms with van der Waals surface area (Å²) in [6.45, 7) is 4.40. The topological polar surface area (TPSA) is 12.4 Å². The average molecular weight is 358 g/mol. The van der Waals surface area contributed by atoms with E-state index in [1.165, 1.54) is 33.5 Å². The molecule has 2 heteroatoms. The molecule has 0 amide bonds. The molecule has 1 nitrogen and oxygen atoms in total. The SMILES string of the molecule is CCc1cc(-c2cccc(S)c2)cc(N=C2CC2c2ccccc2)c1C. The molecule has 0 bridgehead atoms. The molecule has 1 fully saturated rings. The maximum atomic E-state index is 5.04. The van der Waals surface area contributed by atoms with Crippen LogP contribution in [0.2, 0.25) is 0 Å². The van der Waals surface area contributed by atoms with Gasteiger partial charge >= 0.3 is 0 Å².